The minimum Gasteiger partial charge on any atom is -0.312 e. The number of carbonyl (C=O) groups excluding carboxylic acids is 2. The molecule has 0 aromatic heterocycles. The Balaban J connectivity index is 1.87. The van der Waals surface area contributed by atoms with Gasteiger partial charge < -0.3 is 4.90 Å². The fourth-order valence-electron chi connectivity index (χ4n) is 2.73. The molecule has 1 aliphatic heterocycles. The monoisotopic (exact) mass is 243 g/mol. The predicted octanol–water partition coefficient (Wildman–Crippen LogP) is 2.58. The van der Waals surface area contributed by atoms with E-state index in [1.807, 2.05) is 23.1 Å². The molecule has 0 N–H and O–H groups in total. The summed E-state index contributed by atoms with van der Waals surface area (Å²) in [6.07, 6.45) is 4.13. The smallest absolute Gasteiger partial charge is 0.230 e. The van der Waals surface area contributed by atoms with Crippen LogP contribution >= 0.6 is 0 Å². The zero-order valence-corrected chi connectivity index (χ0v) is 10.6. The molecule has 94 valence electrons. The van der Waals surface area contributed by atoms with Gasteiger partial charge in [0.15, 0.2) is 5.78 Å². The van der Waals surface area contributed by atoms with Crippen molar-refractivity contribution >= 4 is 17.4 Å². The van der Waals surface area contributed by atoms with Crippen LogP contribution in [-0.2, 0) is 11.2 Å². The lowest BCUT2D eigenvalue weighted by Crippen LogP contribution is -2.37. The van der Waals surface area contributed by atoms with Gasteiger partial charge in [0.05, 0.1) is 0 Å². The highest BCUT2D eigenvalue weighted by atomic mass is 16.2. The fourth-order valence-corrected chi connectivity index (χ4v) is 2.73. The summed E-state index contributed by atoms with van der Waals surface area (Å²) in [5.41, 5.74) is 2.89. The van der Waals surface area contributed by atoms with E-state index < -0.39 is 0 Å². The summed E-state index contributed by atoms with van der Waals surface area (Å²) in [5, 5.41) is 0. The summed E-state index contributed by atoms with van der Waals surface area (Å²) in [7, 11) is 0. The molecule has 1 saturated carbocycles. The average molecular weight is 243 g/mol. The third-order valence-corrected chi connectivity index (χ3v) is 4.10. The SMILES string of the molecule is CC(=O)c1ccc2c(c1)CCN2C(=O)C1CCC1. The molecule has 3 rings (SSSR count). The number of hydrogen-bond acceptors (Lipinski definition) is 2. The van der Waals surface area contributed by atoms with Gasteiger partial charge in [0.25, 0.3) is 0 Å². The first-order chi connectivity index (χ1) is 8.66. The van der Waals surface area contributed by atoms with E-state index >= 15 is 0 Å². The van der Waals surface area contributed by atoms with Crippen molar-refractivity contribution in [2.45, 2.75) is 32.6 Å². The Morgan fingerprint density at radius 2 is 2.06 bits per heavy atom. The molecule has 1 fully saturated rings. The number of benzene rings is 1. The summed E-state index contributed by atoms with van der Waals surface area (Å²) in [4.78, 5) is 25.5. The molecule has 2 aliphatic rings. The highest BCUT2D eigenvalue weighted by Crippen LogP contribution is 2.34. The van der Waals surface area contributed by atoms with Crippen LogP contribution in [0.1, 0.15) is 42.1 Å². The number of rotatable bonds is 2. The number of amides is 1. The van der Waals surface area contributed by atoms with Crippen LogP contribution in [0, 0.1) is 5.92 Å². The second kappa shape index (κ2) is 4.23. The van der Waals surface area contributed by atoms with Crippen LogP contribution in [0.4, 0.5) is 5.69 Å². The van der Waals surface area contributed by atoms with Crippen LogP contribution in [0.25, 0.3) is 0 Å². The first kappa shape index (κ1) is 11.5. The Bertz CT molecular complexity index is 517. The predicted molar refractivity (Wildman–Crippen MR) is 69.8 cm³/mol. The standard InChI is InChI=1S/C15H17NO2/c1-10(17)12-5-6-14-13(9-12)7-8-16(14)15(18)11-3-2-4-11/h5-6,9,11H,2-4,7-8H2,1H3. The largest absolute Gasteiger partial charge is 0.312 e. The van der Waals surface area contributed by atoms with Gasteiger partial charge in [-0.05, 0) is 49.9 Å². The van der Waals surface area contributed by atoms with E-state index in [1.54, 1.807) is 6.92 Å². The minimum absolute atomic E-state index is 0.0848. The molecule has 3 heteroatoms. The van der Waals surface area contributed by atoms with Gasteiger partial charge in [-0.3, -0.25) is 9.59 Å². The van der Waals surface area contributed by atoms with Gasteiger partial charge in [0.1, 0.15) is 0 Å². The summed E-state index contributed by atoms with van der Waals surface area (Å²) < 4.78 is 0. The molecular weight excluding hydrogens is 226 g/mol. The van der Waals surface area contributed by atoms with Crippen LogP contribution in [-0.4, -0.2) is 18.2 Å². The van der Waals surface area contributed by atoms with E-state index in [4.69, 9.17) is 0 Å². The number of ketones is 1. The fraction of sp³-hybridized carbons (Fsp3) is 0.467. The van der Waals surface area contributed by atoms with Crippen LogP contribution in [0.3, 0.4) is 0 Å². The van der Waals surface area contributed by atoms with Crippen molar-refractivity contribution in [3.05, 3.63) is 29.3 Å². The zero-order chi connectivity index (χ0) is 12.7. The van der Waals surface area contributed by atoms with Gasteiger partial charge in [0.2, 0.25) is 5.91 Å². The van der Waals surface area contributed by atoms with Crippen molar-refractivity contribution in [2.75, 3.05) is 11.4 Å². The molecule has 0 saturated heterocycles. The summed E-state index contributed by atoms with van der Waals surface area (Å²) >= 11 is 0. The van der Waals surface area contributed by atoms with Crippen molar-refractivity contribution in [1.29, 1.82) is 0 Å². The lowest BCUT2D eigenvalue weighted by Gasteiger charge is -2.29. The minimum atomic E-state index is 0.0848. The maximum absolute atomic E-state index is 12.3. The Kier molecular flexibility index (Phi) is 2.69. The van der Waals surface area contributed by atoms with Crippen molar-refractivity contribution in [1.82, 2.24) is 0 Å². The Labute approximate surface area is 107 Å². The zero-order valence-electron chi connectivity index (χ0n) is 10.6. The first-order valence-electron chi connectivity index (χ1n) is 6.62. The van der Waals surface area contributed by atoms with Crippen LogP contribution in [0.15, 0.2) is 18.2 Å². The molecule has 0 atom stereocenters. The van der Waals surface area contributed by atoms with Gasteiger partial charge in [-0.15, -0.1) is 0 Å². The Hall–Kier alpha value is -1.64. The molecule has 18 heavy (non-hydrogen) atoms. The summed E-state index contributed by atoms with van der Waals surface area (Å²) in [6, 6.07) is 5.69. The van der Waals surface area contributed by atoms with E-state index in [0.717, 1.165) is 42.6 Å². The highest BCUT2D eigenvalue weighted by molar-refractivity contribution is 5.99. The van der Waals surface area contributed by atoms with Crippen molar-refractivity contribution < 1.29 is 9.59 Å². The Morgan fingerprint density at radius 1 is 1.28 bits per heavy atom. The average Bonchev–Trinajstić information content (AvgIpc) is 2.68. The van der Waals surface area contributed by atoms with Crippen molar-refractivity contribution in [2.24, 2.45) is 5.92 Å². The van der Waals surface area contributed by atoms with Crippen LogP contribution < -0.4 is 4.90 Å². The van der Waals surface area contributed by atoms with Gasteiger partial charge in [0, 0.05) is 23.7 Å². The summed E-state index contributed by atoms with van der Waals surface area (Å²) in [5.74, 6) is 0.598. The molecule has 1 aliphatic carbocycles. The first-order valence-corrected chi connectivity index (χ1v) is 6.62. The number of hydrogen-bond donors (Lipinski definition) is 0. The second-order valence-electron chi connectivity index (χ2n) is 5.27. The van der Waals surface area contributed by atoms with Gasteiger partial charge in [-0.2, -0.15) is 0 Å². The molecule has 1 aromatic rings. The van der Waals surface area contributed by atoms with Gasteiger partial charge >= 0.3 is 0 Å². The Morgan fingerprint density at radius 3 is 2.67 bits per heavy atom. The molecule has 0 spiro atoms. The van der Waals surface area contributed by atoms with Crippen LogP contribution in [0.2, 0.25) is 0 Å². The van der Waals surface area contributed by atoms with E-state index in [9.17, 15) is 9.59 Å². The van der Waals surface area contributed by atoms with Gasteiger partial charge in [-0.1, -0.05) is 6.42 Å². The lowest BCUT2D eigenvalue weighted by molar-refractivity contribution is -0.124. The quantitative estimate of drug-likeness (QED) is 0.749. The lowest BCUT2D eigenvalue weighted by atomic mass is 9.84. The van der Waals surface area contributed by atoms with E-state index in [0.29, 0.717) is 0 Å². The summed E-state index contributed by atoms with van der Waals surface area (Å²) in [6.45, 7) is 2.35. The number of anilines is 1. The maximum atomic E-state index is 12.3. The number of nitrogens with zero attached hydrogens (tertiary/aromatic N) is 1. The van der Waals surface area contributed by atoms with Gasteiger partial charge in [-0.25, -0.2) is 0 Å². The molecular formula is C15H17NO2. The molecule has 0 unspecified atom stereocenters. The third kappa shape index (κ3) is 1.74. The normalized spacial score (nSPS) is 18.4. The third-order valence-electron chi connectivity index (χ3n) is 4.10. The van der Waals surface area contributed by atoms with Crippen molar-refractivity contribution in [3.63, 3.8) is 0 Å². The molecule has 3 nitrogen and oxygen atoms in total. The molecule has 1 heterocycles. The van der Waals surface area contributed by atoms with E-state index in [1.165, 1.54) is 6.42 Å². The number of fused-ring (bicyclic) bond motifs is 1. The highest BCUT2D eigenvalue weighted by Gasteiger charge is 2.33. The molecule has 0 bridgehead atoms. The topological polar surface area (TPSA) is 37.4 Å². The molecule has 0 radical (unpaired) electrons. The molecule has 1 amide bonds. The number of carbonyl (C=O) groups is 2. The maximum Gasteiger partial charge on any atom is 0.230 e. The molecule has 1 aromatic carbocycles. The van der Waals surface area contributed by atoms with Crippen LogP contribution in [0.5, 0.6) is 0 Å². The van der Waals surface area contributed by atoms with E-state index in [2.05, 4.69) is 0 Å². The number of Topliss-reactive ketones (excluding diaryl/α,β-unsaturated/α-hetero) is 1. The van der Waals surface area contributed by atoms with E-state index in [-0.39, 0.29) is 17.6 Å². The second-order valence-corrected chi connectivity index (χ2v) is 5.27. The van der Waals surface area contributed by atoms with Crippen molar-refractivity contribution in [3.8, 4) is 0 Å².